The molecule has 88 valence electrons. The molecule has 5 heteroatoms. The van der Waals surface area contributed by atoms with Crippen molar-refractivity contribution in [1.29, 1.82) is 0 Å². The average molecular weight is 254 g/mol. The van der Waals surface area contributed by atoms with Crippen molar-refractivity contribution in [2.45, 2.75) is 6.92 Å². The van der Waals surface area contributed by atoms with E-state index in [1.54, 1.807) is 6.92 Å². The number of amides is 1. The number of hydrogen-bond donors (Lipinski definition) is 0. The third-order valence-electron chi connectivity index (χ3n) is 2.44. The monoisotopic (exact) mass is 253 g/mol. The van der Waals surface area contributed by atoms with Gasteiger partial charge in [0.25, 0.3) is 11.7 Å². The Morgan fingerprint density at radius 1 is 1.47 bits per heavy atom. The lowest BCUT2D eigenvalue weighted by Gasteiger charge is -2.16. The third kappa shape index (κ3) is 1.85. The Balaban J connectivity index is 2.56. The maximum atomic E-state index is 13.3. The minimum atomic E-state index is -0.676. The average Bonchev–Trinajstić information content (AvgIpc) is 2.45. The number of nitrogens with zero attached hydrogens (tertiary/aromatic N) is 1. The highest BCUT2D eigenvalue weighted by Gasteiger charge is 2.36. The molecular formula is C12H9ClFNO2. The zero-order valence-corrected chi connectivity index (χ0v) is 9.84. The molecule has 1 amide bonds. The molecule has 0 saturated heterocycles. The van der Waals surface area contributed by atoms with Crippen molar-refractivity contribution in [3.8, 4) is 0 Å². The van der Waals surface area contributed by atoms with E-state index in [9.17, 15) is 14.0 Å². The summed E-state index contributed by atoms with van der Waals surface area (Å²) in [5, 5.41) is -0.165. The van der Waals surface area contributed by atoms with Crippen LogP contribution >= 0.6 is 11.6 Å². The Morgan fingerprint density at radius 2 is 2.12 bits per heavy atom. The molecule has 0 fully saturated rings. The van der Waals surface area contributed by atoms with Crippen molar-refractivity contribution in [1.82, 2.24) is 0 Å². The van der Waals surface area contributed by atoms with Crippen molar-refractivity contribution >= 4 is 29.0 Å². The van der Waals surface area contributed by atoms with Crippen LogP contribution in [-0.4, -0.2) is 18.2 Å². The van der Waals surface area contributed by atoms with Gasteiger partial charge in [-0.05, 0) is 19.1 Å². The van der Waals surface area contributed by atoms with E-state index in [1.165, 1.54) is 11.0 Å². The summed E-state index contributed by atoms with van der Waals surface area (Å²) in [6.45, 7) is 5.58. The van der Waals surface area contributed by atoms with E-state index in [2.05, 4.69) is 6.58 Å². The highest BCUT2D eigenvalue weighted by atomic mass is 35.5. The molecule has 1 aliphatic heterocycles. The first-order chi connectivity index (χ1) is 7.91. The number of carbonyl (C=O) groups is 2. The zero-order valence-electron chi connectivity index (χ0n) is 9.09. The van der Waals surface area contributed by atoms with Gasteiger partial charge in [-0.25, -0.2) is 4.39 Å². The molecule has 3 nitrogen and oxygen atoms in total. The number of Topliss-reactive ketones (excluding diaryl/α,β-unsaturated/α-hetero) is 1. The maximum Gasteiger partial charge on any atom is 0.299 e. The fourth-order valence-corrected chi connectivity index (χ4v) is 1.88. The standard InChI is InChI=1S/C12H9ClFNO2/c1-6(2)5-15-10-4-9(14)8(13)3-7(10)11(16)12(15)17/h3-4H,1,5H2,2H3. The van der Waals surface area contributed by atoms with Crippen LogP contribution in [0.15, 0.2) is 24.3 Å². The summed E-state index contributed by atoms with van der Waals surface area (Å²) in [6.07, 6.45) is 0. The lowest BCUT2D eigenvalue weighted by atomic mass is 10.1. The lowest BCUT2D eigenvalue weighted by Crippen LogP contribution is -2.31. The van der Waals surface area contributed by atoms with E-state index in [0.717, 1.165) is 6.07 Å². The first-order valence-electron chi connectivity index (χ1n) is 4.91. The molecule has 1 heterocycles. The van der Waals surface area contributed by atoms with E-state index < -0.39 is 17.5 Å². The second-order valence-corrected chi connectivity index (χ2v) is 4.37. The molecule has 1 aromatic carbocycles. The zero-order chi connectivity index (χ0) is 12.7. The van der Waals surface area contributed by atoms with Crippen molar-refractivity contribution in [3.05, 3.63) is 40.7 Å². The topological polar surface area (TPSA) is 37.4 Å². The van der Waals surface area contributed by atoms with Gasteiger partial charge >= 0.3 is 0 Å². The molecular weight excluding hydrogens is 245 g/mol. The van der Waals surface area contributed by atoms with Gasteiger partial charge in [0.2, 0.25) is 0 Å². The van der Waals surface area contributed by atoms with Crippen molar-refractivity contribution in [2.75, 3.05) is 11.4 Å². The number of hydrogen-bond acceptors (Lipinski definition) is 2. The summed E-state index contributed by atoms with van der Waals surface area (Å²) in [5.41, 5.74) is 1.10. The highest BCUT2D eigenvalue weighted by Crippen LogP contribution is 2.33. The Bertz CT molecular complexity index is 554. The van der Waals surface area contributed by atoms with Crippen LogP contribution in [0.1, 0.15) is 17.3 Å². The molecule has 0 radical (unpaired) electrons. The molecule has 1 aliphatic rings. The maximum absolute atomic E-state index is 13.3. The molecule has 1 aromatic rings. The molecule has 0 aliphatic carbocycles. The van der Waals surface area contributed by atoms with Crippen LogP contribution in [0.4, 0.5) is 10.1 Å². The Labute approximate surface area is 102 Å². The van der Waals surface area contributed by atoms with E-state index >= 15 is 0 Å². The summed E-state index contributed by atoms with van der Waals surface area (Å²) < 4.78 is 13.3. The largest absolute Gasteiger partial charge is 0.301 e. The number of halogens is 2. The fourth-order valence-electron chi connectivity index (χ4n) is 1.72. The minimum absolute atomic E-state index is 0.141. The highest BCUT2D eigenvalue weighted by molar-refractivity contribution is 6.52. The normalized spacial score (nSPS) is 14.2. The van der Waals surface area contributed by atoms with E-state index in [0.29, 0.717) is 5.57 Å². The molecule has 0 unspecified atom stereocenters. The molecule has 0 aromatic heterocycles. The van der Waals surface area contributed by atoms with Crippen LogP contribution in [0, 0.1) is 5.82 Å². The Kier molecular flexibility index (Phi) is 2.75. The van der Waals surface area contributed by atoms with Gasteiger partial charge in [-0.1, -0.05) is 23.8 Å². The number of carbonyl (C=O) groups excluding carboxylic acids is 2. The number of benzene rings is 1. The van der Waals surface area contributed by atoms with E-state index in [1.807, 2.05) is 0 Å². The van der Waals surface area contributed by atoms with Crippen LogP contribution < -0.4 is 4.90 Å². The van der Waals surface area contributed by atoms with E-state index in [-0.39, 0.29) is 22.8 Å². The predicted octanol–water partition coefficient (Wildman–Crippen LogP) is 2.58. The molecule has 0 spiro atoms. The Hall–Kier alpha value is -1.68. The minimum Gasteiger partial charge on any atom is -0.301 e. The molecule has 2 rings (SSSR count). The third-order valence-corrected chi connectivity index (χ3v) is 2.73. The second kappa shape index (κ2) is 3.96. The van der Waals surface area contributed by atoms with Gasteiger partial charge in [-0.15, -0.1) is 0 Å². The summed E-state index contributed by atoms with van der Waals surface area (Å²) in [7, 11) is 0. The number of anilines is 1. The first-order valence-corrected chi connectivity index (χ1v) is 5.29. The van der Waals surface area contributed by atoms with Crippen molar-refractivity contribution < 1.29 is 14.0 Å². The molecule has 0 N–H and O–H groups in total. The van der Waals surface area contributed by atoms with Crippen LogP contribution in [0.5, 0.6) is 0 Å². The van der Waals surface area contributed by atoms with Crippen LogP contribution in [0.2, 0.25) is 5.02 Å². The van der Waals surface area contributed by atoms with Gasteiger partial charge < -0.3 is 4.90 Å². The van der Waals surface area contributed by atoms with Gasteiger partial charge in [-0.2, -0.15) is 0 Å². The summed E-state index contributed by atoms with van der Waals surface area (Å²) >= 11 is 5.58. The van der Waals surface area contributed by atoms with Crippen LogP contribution in [0.3, 0.4) is 0 Å². The quantitative estimate of drug-likeness (QED) is 0.600. The smallest absolute Gasteiger partial charge is 0.299 e. The SMILES string of the molecule is C=C(C)CN1C(=O)C(=O)c2cc(Cl)c(F)cc21. The van der Waals surface area contributed by atoms with Gasteiger partial charge in [0.1, 0.15) is 5.82 Å². The van der Waals surface area contributed by atoms with Crippen LogP contribution in [0.25, 0.3) is 0 Å². The second-order valence-electron chi connectivity index (χ2n) is 3.96. The summed E-state index contributed by atoms with van der Waals surface area (Å²) in [5.74, 6) is -1.99. The summed E-state index contributed by atoms with van der Waals surface area (Å²) in [6, 6.07) is 2.29. The van der Waals surface area contributed by atoms with Crippen LogP contribution in [-0.2, 0) is 4.79 Å². The summed E-state index contributed by atoms with van der Waals surface area (Å²) in [4.78, 5) is 24.5. The number of ketones is 1. The number of rotatable bonds is 2. The fraction of sp³-hybridized carbons (Fsp3) is 0.167. The van der Waals surface area contributed by atoms with Gasteiger partial charge in [0.05, 0.1) is 16.3 Å². The van der Waals surface area contributed by atoms with Crippen molar-refractivity contribution in [2.24, 2.45) is 0 Å². The number of fused-ring (bicyclic) bond motifs is 1. The molecule has 0 bridgehead atoms. The van der Waals surface area contributed by atoms with Gasteiger partial charge in [0.15, 0.2) is 0 Å². The lowest BCUT2D eigenvalue weighted by molar-refractivity contribution is -0.114. The first kappa shape index (κ1) is 11.8. The molecule has 0 atom stereocenters. The van der Waals surface area contributed by atoms with E-state index in [4.69, 9.17) is 11.6 Å². The predicted molar refractivity (Wildman–Crippen MR) is 62.9 cm³/mol. The van der Waals surface area contributed by atoms with Gasteiger partial charge in [0, 0.05) is 6.54 Å². The molecule has 0 saturated carbocycles. The molecule has 17 heavy (non-hydrogen) atoms. The van der Waals surface area contributed by atoms with Crippen molar-refractivity contribution in [3.63, 3.8) is 0 Å². The Morgan fingerprint density at radius 3 is 2.71 bits per heavy atom. The van der Waals surface area contributed by atoms with Gasteiger partial charge in [-0.3, -0.25) is 9.59 Å².